The maximum atomic E-state index is 14.0. The molecule has 6 heteroatoms. The second-order valence-electron chi connectivity index (χ2n) is 7.36. The Morgan fingerprint density at radius 2 is 1.87 bits per heavy atom. The topological polar surface area (TPSA) is 43.1 Å². The lowest BCUT2D eigenvalue weighted by Crippen LogP contribution is -2.05. The molecule has 0 bridgehead atoms. The number of hydrogen-bond donors (Lipinski definition) is 0. The summed E-state index contributed by atoms with van der Waals surface area (Å²) >= 11 is 1.40. The third-order valence-electron chi connectivity index (χ3n) is 5.45. The molecule has 0 N–H and O–H groups in total. The van der Waals surface area contributed by atoms with Crippen LogP contribution in [0, 0.1) is 11.6 Å². The molecule has 0 amide bonds. The molecule has 0 spiro atoms. The Bertz CT molecular complexity index is 1220. The van der Waals surface area contributed by atoms with E-state index >= 15 is 0 Å². The SMILES string of the molecule is O=C(Cc1c(F)cccc1F)c1cc2c(s1)-c1cc(-c3cnco3)ccc1CCC2. The van der Waals surface area contributed by atoms with Gasteiger partial charge in [-0.05, 0) is 60.2 Å². The van der Waals surface area contributed by atoms with E-state index in [0.29, 0.717) is 10.6 Å². The molecule has 5 rings (SSSR count). The average Bonchev–Trinajstić information content (AvgIpc) is 3.39. The van der Waals surface area contributed by atoms with E-state index in [2.05, 4.69) is 17.1 Å². The van der Waals surface area contributed by atoms with Gasteiger partial charge in [-0.25, -0.2) is 13.8 Å². The van der Waals surface area contributed by atoms with Gasteiger partial charge in [0.1, 0.15) is 11.6 Å². The predicted octanol–water partition coefficient (Wildman–Crippen LogP) is 6.26. The van der Waals surface area contributed by atoms with E-state index in [0.717, 1.165) is 40.8 Å². The Morgan fingerprint density at radius 1 is 1.07 bits per heavy atom. The third kappa shape index (κ3) is 3.37. The number of Topliss-reactive ketones (excluding diaryl/α,β-unsaturated/α-hetero) is 1. The summed E-state index contributed by atoms with van der Waals surface area (Å²) in [5.41, 5.74) is 4.15. The van der Waals surface area contributed by atoms with Crippen molar-refractivity contribution in [3.8, 4) is 21.8 Å². The Kier molecular flexibility index (Phi) is 4.79. The number of benzene rings is 2. The normalized spacial score (nSPS) is 12.9. The van der Waals surface area contributed by atoms with Crippen LogP contribution in [-0.4, -0.2) is 10.8 Å². The van der Waals surface area contributed by atoms with E-state index in [4.69, 9.17) is 4.42 Å². The molecular formula is C24H17F2NO2S. The Hall–Kier alpha value is -3.12. The number of aryl methyl sites for hydroxylation is 2. The van der Waals surface area contributed by atoms with E-state index in [1.54, 1.807) is 6.20 Å². The van der Waals surface area contributed by atoms with Gasteiger partial charge in [0.15, 0.2) is 17.9 Å². The first-order valence-corrected chi connectivity index (χ1v) is 10.5. The first kappa shape index (κ1) is 18.9. The van der Waals surface area contributed by atoms with E-state index in [1.165, 1.54) is 41.5 Å². The molecule has 0 radical (unpaired) electrons. The first-order chi connectivity index (χ1) is 14.6. The molecule has 0 unspecified atom stereocenters. The summed E-state index contributed by atoms with van der Waals surface area (Å²) in [5, 5.41) is 0. The molecule has 1 aliphatic carbocycles. The molecule has 2 aromatic carbocycles. The molecule has 0 atom stereocenters. The number of carbonyl (C=O) groups is 1. The fourth-order valence-corrected chi connectivity index (χ4v) is 5.11. The van der Waals surface area contributed by atoms with Crippen LogP contribution >= 0.6 is 11.3 Å². The Labute approximate surface area is 176 Å². The first-order valence-electron chi connectivity index (χ1n) is 9.71. The summed E-state index contributed by atoms with van der Waals surface area (Å²) in [6, 6.07) is 11.7. The second-order valence-corrected chi connectivity index (χ2v) is 8.41. The lowest BCUT2D eigenvalue weighted by Gasteiger charge is -2.08. The standard InChI is InChI=1S/C24H17F2NO2S/c25-19-5-2-6-20(26)18(19)11-21(28)23-10-16-4-1-3-14-7-8-15(22-12-27-13-29-22)9-17(14)24(16)30-23/h2,5-10,12-13H,1,3-4,11H2. The summed E-state index contributed by atoms with van der Waals surface area (Å²) in [6.07, 6.45) is 5.58. The van der Waals surface area contributed by atoms with Crippen LogP contribution in [0.4, 0.5) is 8.78 Å². The number of aromatic nitrogens is 1. The van der Waals surface area contributed by atoms with Crippen LogP contribution in [0.3, 0.4) is 0 Å². The monoisotopic (exact) mass is 421 g/mol. The van der Waals surface area contributed by atoms with Crippen molar-refractivity contribution in [2.45, 2.75) is 25.7 Å². The molecule has 0 saturated carbocycles. The zero-order valence-corrected chi connectivity index (χ0v) is 16.8. The summed E-state index contributed by atoms with van der Waals surface area (Å²) in [6.45, 7) is 0. The molecule has 1 aliphatic rings. The summed E-state index contributed by atoms with van der Waals surface area (Å²) in [7, 11) is 0. The number of rotatable bonds is 4. The van der Waals surface area contributed by atoms with Crippen molar-refractivity contribution in [3.05, 3.63) is 88.3 Å². The van der Waals surface area contributed by atoms with Gasteiger partial charge < -0.3 is 4.42 Å². The molecule has 3 nitrogen and oxygen atoms in total. The minimum Gasteiger partial charge on any atom is -0.444 e. The van der Waals surface area contributed by atoms with Crippen LogP contribution in [0.1, 0.15) is 32.8 Å². The number of nitrogens with zero attached hydrogens (tertiary/aromatic N) is 1. The number of fused-ring (bicyclic) bond motifs is 3. The van der Waals surface area contributed by atoms with Crippen molar-refractivity contribution in [1.82, 2.24) is 4.98 Å². The number of oxazole rings is 1. The molecular weight excluding hydrogens is 404 g/mol. The molecule has 150 valence electrons. The summed E-state index contributed by atoms with van der Waals surface area (Å²) in [5.74, 6) is -0.969. The quantitative estimate of drug-likeness (QED) is 0.365. The Balaban J connectivity index is 1.53. The highest BCUT2D eigenvalue weighted by atomic mass is 32.1. The van der Waals surface area contributed by atoms with Crippen molar-refractivity contribution in [1.29, 1.82) is 0 Å². The van der Waals surface area contributed by atoms with Gasteiger partial charge in [-0.15, -0.1) is 11.3 Å². The summed E-state index contributed by atoms with van der Waals surface area (Å²) in [4.78, 5) is 18.4. The van der Waals surface area contributed by atoms with Crippen LogP contribution in [0.25, 0.3) is 21.8 Å². The average molecular weight is 421 g/mol. The van der Waals surface area contributed by atoms with Gasteiger partial charge in [0.2, 0.25) is 0 Å². The minimum absolute atomic E-state index is 0.181. The van der Waals surface area contributed by atoms with Crippen molar-refractivity contribution in [3.63, 3.8) is 0 Å². The molecule has 2 aromatic heterocycles. The zero-order valence-electron chi connectivity index (χ0n) is 16.0. The number of hydrogen-bond acceptors (Lipinski definition) is 4. The number of ketones is 1. The molecule has 4 aromatic rings. The summed E-state index contributed by atoms with van der Waals surface area (Å²) < 4.78 is 33.4. The number of halogens is 2. The van der Waals surface area contributed by atoms with Gasteiger partial charge in [-0.1, -0.05) is 18.2 Å². The molecule has 0 aliphatic heterocycles. The molecule has 0 fully saturated rings. The van der Waals surface area contributed by atoms with E-state index in [1.807, 2.05) is 12.1 Å². The fraction of sp³-hybridized carbons (Fsp3) is 0.167. The van der Waals surface area contributed by atoms with Crippen molar-refractivity contribution >= 4 is 17.1 Å². The van der Waals surface area contributed by atoms with Crippen LogP contribution in [0.5, 0.6) is 0 Å². The highest BCUT2D eigenvalue weighted by Gasteiger charge is 2.22. The van der Waals surface area contributed by atoms with Crippen molar-refractivity contribution < 1.29 is 18.0 Å². The highest BCUT2D eigenvalue weighted by Crippen LogP contribution is 2.41. The molecule has 2 heterocycles. The zero-order chi connectivity index (χ0) is 20.7. The van der Waals surface area contributed by atoms with E-state index in [9.17, 15) is 13.6 Å². The predicted molar refractivity (Wildman–Crippen MR) is 112 cm³/mol. The maximum Gasteiger partial charge on any atom is 0.181 e. The number of carbonyl (C=O) groups excluding carboxylic acids is 1. The van der Waals surface area contributed by atoms with Gasteiger partial charge in [0.05, 0.1) is 11.1 Å². The van der Waals surface area contributed by atoms with Gasteiger partial charge >= 0.3 is 0 Å². The Morgan fingerprint density at radius 3 is 2.63 bits per heavy atom. The molecule has 30 heavy (non-hydrogen) atoms. The van der Waals surface area contributed by atoms with Crippen LogP contribution in [0.2, 0.25) is 0 Å². The van der Waals surface area contributed by atoms with E-state index in [-0.39, 0.29) is 17.8 Å². The maximum absolute atomic E-state index is 14.0. The third-order valence-corrected chi connectivity index (χ3v) is 6.70. The van der Waals surface area contributed by atoms with Gasteiger partial charge in [0.25, 0.3) is 0 Å². The smallest absolute Gasteiger partial charge is 0.181 e. The fourth-order valence-electron chi connectivity index (χ4n) is 3.92. The van der Waals surface area contributed by atoms with Crippen LogP contribution < -0.4 is 0 Å². The molecule has 0 saturated heterocycles. The number of thiophene rings is 1. The highest BCUT2D eigenvalue weighted by molar-refractivity contribution is 7.17. The van der Waals surface area contributed by atoms with Crippen LogP contribution in [-0.2, 0) is 19.3 Å². The van der Waals surface area contributed by atoms with Crippen molar-refractivity contribution in [2.24, 2.45) is 0 Å². The lowest BCUT2D eigenvalue weighted by atomic mass is 10.00. The lowest BCUT2D eigenvalue weighted by molar-refractivity contribution is 0.0994. The van der Waals surface area contributed by atoms with Gasteiger partial charge in [-0.3, -0.25) is 4.79 Å². The minimum atomic E-state index is -0.691. The van der Waals surface area contributed by atoms with E-state index < -0.39 is 11.6 Å². The van der Waals surface area contributed by atoms with Crippen molar-refractivity contribution in [2.75, 3.05) is 0 Å². The van der Waals surface area contributed by atoms with Gasteiger partial charge in [-0.2, -0.15) is 0 Å². The van der Waals surface area contributed by atoms with Crippen LogP contribution in [0.15, 0.2) is 59.5 Å². The largest absolute Gasteiger partial charge is 0.444 e. The second kappa shape index (κ2) is 7.61. The van der Waals surface area contributed by atoms with Gasteiger partial charge in [0, 0.05) is 22.4 Å².